The van der Waals surface area contributed by atoms with Crippen LogP contribution in [-0.2, 0) is 4.79 Å². The lowest BCUT2D eigenvalue weighted by molar-refractivity contribution is -0.112. The fourth-order valence-corrected chi connectivity index (χ4v) is 3.14. The highest BCUT2D eigenvalue weighted by molar-refractivity contribution is 6.14. The van der Waals surface area contributed by atoms with Gasteiger partial charge < -0.3 is 11.5 Å². The maximum Gasteiger partial charge on any atom is 0.248 e. The largest absolute Gasteiger partial charge is 0.366 e. The van der Waals surface area contributed by atoms with Crippen LogP contribution in [0.1, 0.15) is 51.1 Å². The fourth-order valence-electron chi connectivity index (χ4n) is 3.14. The molecule has 1 aliphatic carbocycles. The molecule has 0 aliphatic heterocycles. The fraction of sp³-hybridized carbons (Fsp3) is 0.136. The number of hydrogen-bond acceptors (Lipinski definition) is 3. The molecule has 5 heteroatoms. The van der Waals surface area contributed by atoms with Crippen molar-refractivity contribution in [3.05, 3.63) is 81.9 Å². The number of amides is 2. The van der Waals surface area contributed by atoms with Crippen molar-refractivity contribution in [2.45, 2.75) is 19.3 Å². The zero-order chi connectivity index (χ0) is 19.4. The van der Waals surface area contributed by atoms with Crippen LogP contribution in [0.15, 0.2) is 59.7 Å². The monoisotopic (exact) mass is 360 g/mol. The molecule has 136 valence electrons. The topological polar surface area (TPSA) is 103 Å². The summed E-state index contributed by atoms with van der Waals surface area (Å²) in [5.41, 5.74) is 14.4. The van der Waals surface area contributed by atoms with Crippen LogP contribution in [0.2, 0.25) is 0 Å². The summed E-state index contributed by atoms with van der Waals surface area (Å²) in [6, 6.07) is 13.8. The van der Waals surface area contributed by atoms with Crippen molar-refractivity contribution >= 4 is 29.7 Å². The molecule has 1 saturated carbocycles. The minimum Gasteiger partial charge on any atom is -0.366 e. The molecule has 27 heavy (non-hydrogen) atoms. The number of ketones is 1. The summed E-state index contributed by atoms with van der Waals surface area (Å²) < 4.78 is 0. The Balaban J connectivity index is 1.90. The summed E-state index contributed by atoms with van der Waals surface area (Å²) in [5.74, 6) is -1.02. The summed E-state index contributed by atoms with van der Waals surface area (Å²) in [6.07, 6.45) is 5.83. The standard InChI is InChI=1S/C22H20N2O3/c23-21(26)18-8-1-4-14(12-18)10-16-6-3-7-17(20(16)25)11-15-5-2-9-19(13-15)22(24)27/h1-2,4-5,8-13H,3,6-7H2,(H2,23,26)(H2,24,27)/b16-10+,17-11+. The lowest BCUT2D eigenvalue weighted by Gasteiger charge is -2.17. The Morgan fingerprint density at radius 3 is 1.63 bits per heavy atom. The van der Waals surface area contributed by atoms with Crippen LogP contribution in [-0.4, -0.2) is 17.6 Å². The molecule has 0 unspecified atom stereocenters. The van der Waals surface area contributed by atoms with Gasteiger partial charge >= 0.3 is 0 Å². The highest BCUT2D eigenvalue weighted by Gasteiger charge is 2.20. The molecule has 0 bridgehead atoms. The van der Waals surface area contributed by atoms with Crippen LogP contribution in [0.4, 0.5) is 0 Å². The number of primary amides is 2. The number of Topliss-reactive ketones (excluding diaryl/α,β-unsaturated/α-hetero) is 1. The Morgan fingerprint density at radius 1 is 0.778 bits per heavy atom. The van der Waals surface area contributed by atoms with E-state index in [2.05, 4.69) is 0 Å². The molecule has 1 fully saturated rings. The van der Waals surface area contributed by atoms with Crippen LogP contribution >= 0.6 is 0 Å². The van der Waals surface area contributed by atoms with Gasteiger partial charge in [0.05, 0.1) is 0 Å². The molecule has 5 nitrogen and oxygen atoms in total. The van der Waals surface area contributed by atoms with Gasteiger partial charge in [-0.1, -0.05) is 24.3 Å². The van der Waals surface area contributed by atoms with E-state index in [4.69, 9.17) is 11.5 Å². The molecule has 3 rings (SSSR count). The van der Waals surface area contributed by atoms with Crippen LogP contribution in [0.5, 0.6) is 0 Å². The molecule has 2 aromatic carbocycles. The van der Waals surface area contributed by atoms with Crippen LogP contribution in [0.25, 0.3) is 12.2 Å². The van der Waals surface area contributed by atoms with E-state index in [1.807, 2.05) is 24.3 Å². The summed E-state index contributed by atoms with van der Waals surface area (Å²) in [7, 11) is 0. The second-order valence-electron chi connectivity index (χ2n) is 6.50. The van der Waals surface area contributed by atoms with Crippen molar-refractivity contribution < 1.29 is 14.4 Å². The van der Waals surface area contributed by atoms with Gasteiger partial charge in [-0.25, -0.2) is 0 Å². The smallest absolute Gasteiger partial charge is 0.248 e. The van der Waals surface area contributed by atoms with Gasteiger partial charge in [-0.05, 0) is 66.8 Å². The van der Waals surface area contributed by atoms with E-state index in [0.29, 0.717) is 35.1 Å². The van der Waals surface area contributed by atoms with E-state index < -0.39 is 11.8 Å². The molecule has 2 aromatic rings. The van der Waals surface area contributed by atoms with Crippen molar-refractivity contribution in [3.63, 3.8) is 0 Å². The Labute approximate surface area is 157 Å². The molecule has 2 amide bonds. The summed E-state index contributed by atoms with van der Waals surface area (Å²) in [5, 5.41) is 0. The number of carbonyl (C=O) groups excluding carboxylic acids is 3. The summed E-state index contributed by atoms with van der Waals surface area (Å²) >= 11 is 0. The summed E-state index contributed by atoms with van der Waals surface area (Å²) in [4.78, 5) is 35.5. The minimum absolute atomic E-state index is 0.0183. The van der Waals surface area contributed by atoms with Gasteiger partial charge in [-0.3, -0.25) is 14.4 Å². The third-order valence-electron chi connectivity index (χ3n) is 4.50. The number of nitrogens with two attached hydrogens (primary N) is 2. The predicted molar refractivity (Wildman–Crippen MR) is 105 cm³/mol. The Hall–Kier alpha value is -3.47. The molecule has 0 saturated heterocycles. The number of allylic oxidation sites excluding steroid dienone is 2. The number of hydrogen-bond donors (Lipinski definition) is 2. The van der Waals surface area contributed by atoms with Gasteiger partial charge in [-0.2, -0.15) is 0 Å². The van der Waals surface area contributed by atoms with Crippen molar-refractivity contribution in [2.24, 2.45) is 11.5 Å². The molecule has 0 atom stereocenters. The van der Waals surface area contributed by atoms with Crippen molar-refractivity contribution in [1.82, 2.24) is 0 Å². The number of rotatable bonds is 4. The zero-order valence-electron chi connectivity index (χ0n) is 14.8. The van der Waals surface area contributed by atoms with Crippen molar-refractivity contribution in [1.29, 1.82) is 0 Å². The second kappa shape index (κ2) is 7.83. The molecule has 4 N–H and O–H groups in total. The van der Waals surface area contributed by atoms with Crippen molar-refractivity contribution in [3.8, 4) is 0 Å². The maximum atomic E-state index is 12.9. The van der Waals surface area contributed by atoms with E-state index in [-0.39, 0.29) is 5.78 Å². The lowest BCUT2D eigenvalue weighted by Crippen LogP contribution is -2.13. The van der Waals surface area contributed by atoms with Gasteiger partial charge in [-0.15, -0.1) is 0 Å². The third-order valence-corrected chi connectivity index (χ3v) is 4.50. The van der Waals surface area contributed by atoms with Crippen molar-refractivity contribution in [2.75, 3.05) is 0 Å². The average molecular weight is 360 g/mol. The van der Waals surface area contributed by atoms with E-state index >= 15 is 0 Å². The van der Waals surface area contributed by atoms with Crippen LogP contribution in [0, 0.1) is 0 Å². The third kappa shape index (κ3) is 4.39. The number of carbonyl (C=O) groups is 3. The van der Waals surface area contributed by atoms with Gasteiger partial charge in [0, 0.05) is 22.3 Å². The molecular formula is C22H20N2O3. The molecule has 0 spiro atoms. The lowest BCUT2D eigenvalue weighted by atomic mass is 9.86. The van der Waals surface area contributed by atoms with Gasteiger partial charge in [0.25, 0.3) is 0 Å². The van der Waals surface area contributed by atoms with Gasteiger partial charge in [0.1, 0.15) is 0 Å². The first-order valence-corrected chi connectivity index (χ1v) is 8.69. The Bertz CT molecular complexity index is 909. The SMILES string of the molecule is NC(=O)c1cccc(/C=C2\CCC/C(=C\c3cccc(C(N)=O)c3)C2=O)c1. The highest BCUT2D eigenvalue weighted by atomic mass is 16.1. The first-order valence-electron chi connectivity index (χ1n) is 8.69. The number of benzene rings is 2. The Morgan fingerprint density at radius 2 is 1.22 bits per heavy atom. The minimum atomic E-state index is -0.500. The second-order valence-corrected chi connectivity index (χ2v) is 6.50. The normalized spacial score (nSPS) is 17.3. The molecule has 0 aromatic heterocycles. The van der Waals surface area contributed by atoms with E-state index in [1.165, 1.54) is 0 Å². The van der Waals surface area contributed by atoms with Gasteiger partial charge in [0.2, 0.25) is 11.8 Å². The first-order chi connectivity index (χ1) is 12.9. The van der Waals surface area contributed by atoms with E-state index in [0.717, 1.165) is 17.5 Å². The highest BCUT2D eigenvalue weighted by Crippen LogP contribution is 2.28. The predicted octanol–water partition coefficient (Wildman–Crippen LogP) is 3.10. The zero-order valence-corrected chi connectivity index (χ0v) is 14.8. The van der Waals surface area contributed by atoms with Gasteiger partial charge in [0.15, 0.2) is 5.78 Å². The van der Waals surface area contributed by atoms with E-state index in [1.54, 1.807) is 36.4 Å². The Kier molecular flexibility index (Phi) is 5.31. The maximum absolute atomic E-state index is 12.9. The first kappa shape index (κ1) is 18.3. The quantitative estimate of drug-likeness (QED) is 0.819. The summed E-state index contributed by atoms with van der Waals surface area (Å²) in [6.45, 7) is 0. The average Bonchev–Trinajstić information content (AvgIpc) is 2.65. The molecule has 0 radical (unpaired) electrons. The molecular weight excluding hydrogens is 340 g/mol. The van der Waals surface area contributed by atoms with Crippen LogP contribution in [0.3, 0.4) is 0 Å². The van der Waals surface area contributed by atoms with Crippen LogP contribution < -0.4 is 11.5 Å². The molecule has 1 aliphatic rings. The molecule has 0 heterocycles. The van der Waals surface area contributed by atoms with E-state index in [9.17, 15) is 14.4 Å².